The molecule has 0 radical (unpaired) electrons. The Morgan fingerprint density at radius 3 is 2.70 bits per heavy atom. The standard InChI is InChI=1S/C23H28FN3O3/c24-19-3-5-21(6-4-19)29-16-22-15-27(23(28)17-30-22)20-8-12-26(13-9-20)11-7-18-2-1-10-25-14-18/h1-6,10,14,20,22H,7-9,11-13,15-17H2. The van der Waals surface area contributed by atoms with Crippen LogP contribution in [0.4, 0.5) is 4.39 Å². The van der Waals surface area contributed by atoms with Gasteiger partial charge < -0.3 is 19.3 Å². The molecule has 30 heavy (non-hydrogen) atoms. The van der Waals surface area contributed by atoms with Gasteiger partial charge in [0.25, 0.3) is 0 Å². The van der Waals surface area contributed by atoms with E-state index in [1.165, 1.54) is 17.7 Å². The monoisotopic (exact) mass is 413 g/mol. The molecule has 2 saturated heterocycles. The van der Waals surface area contributed by atoms with Gasteiger partial charge in [0.1, 0.15) is 30.9 Å². The van der Waals surface area contributed by atoms with Crippen molar-refractivity contribution in [1.29, 1.82) is 0 Å². The maximum atomic E-state index is 13.0. The molecule has 2 aliphatic heterocycles. The summed E-state index contributed by atoms with van der Waals surface area (Å²) in [7, 11) is 0. The van der Waals surface area contributed by atoms with Gasteiger partial charge in [-0.05, 0) is 55.2 Å². The number of hydrogen-bond donors (Lipinski definition) is 0. The van der Waals surface area contributed by atoms with Gasteiger partial charge in [0, 0.05) is 38.1 Å². The minimum Gasteiger partial charge on any atom is -0.491 e. The Bertz CT molecular complexity index is 810. The van der Waals surface area contributed by atoms with Gasteiger partial charge in [-0.2, -0.15) is 0 Å². The number of amides is 1. The first-order chi connectivity index (χ1) is 14.7. The fourth-order valence-electron chi connectivity index (χ4n) is 4.11. The molecule has 1 atom stereocenters. The minimum atomic E-state index is -0.292. The summed E-state index contributed by atoms with van der Waals surface area (Å²) >= 11 is 0. The molecule has 1 aromatic carbocycles. The Morgan fingerprint density at radius 2 is 1.97 bits per heavy atom. The number of halogens is 1. The summed E-state index contributed by atoms with van der Waals surface area (Å²) in [5.41, 5.74) is 1.26. The fourth-order valence-corrected chi connectivity index (χ4v) is 4.11. The lowest BCUT2D eigenvalue weighted by molar-refractivity contribution is -0.155. The molecule has 3 heterocycles. The second-order valence-electron chi connectivity index (χ2n) is 7.93. The second kappa shape index (κ2) is 10.00. The molecule has 2 aromatic rings. The summed E-state index contributed by atoms with van der Waals surface area (Å²) in [6, 6.07) is 10.3. The number of carbonyl (C=O) groups is 1. The van der Waals surface area contributed by atoms with E-state index in [0.717, 1.165) is 38.9 Å². The lowest BCUT2D eigenvalue weighted by Gasteiger charge is -2.42. The highest BCUT2D eigenvalue weighted by atomic mass is 19.1. The van der Waals surface area contributed by atoms with Gasteiger partial charge in [-0.3, -0.25) is 9.78 Å². The third kappa shape index (κ3) is 5.55. The van der Waals surface area contributed by atoms with Crippen LogP contribution >= 0.6 is 0 Å². The van der Waals surface area contributed by atoms with Crippen LogP contribution in [0, 0.1) is 5.82 Å². The summed E-state index contributed by atoms with van der Waals surface area (Å²) in [5.74, 6) is 0.368. The smallest absolute Gasteiger partial charge is 0.248 e. The Hall–Kier alpha value is -2.51. The fraction of sp³-hybridized carbons (Fsp3) is 0.478. The van der Waals surface area contributed by atoms with Crippen molar-refractivity contribution in [3.8, 4) is 5.75 Å². The largest absolute Gasteiger partial charge is 0.491 e. The van der Waals surface area contributed by atoms with Crippen LogP contribution in [0.2, 0.25) is 0 Å². The van der Waals surface area contributed by atoms with Crippen LogP contribution in [0.15, 0.2) is 48.8 Å². The topological polar surface area (TPSA) is 54.9 Å². The number of morpholine rings is 1. The first kappa shape index (κ1) is 20.8. The predicted octanol–water partition coefficient (Wildman–Crippen LogP) is 2.53. The molecule has 0 spiro atoms. The number of likely N-dealkylation sites (tertiary alicyclic amines) is 1. The van der Waals surface area contributed by atoms with E-state index in [1.54, 1.807) is 18.3 Å². The van der Waals surface area contributed by atoms with Crippen molar-refractivity contribution >= 4 is 5.91 Å². The summed E-state index contributed by atoms with van der Waals surface area (Å²) in [6.07, 6.45) is 6.50. The minimum absolute atomic E-state index is 0.0573. The Balaban J connectivity index is 1.23. The maximum absolute atomic E-state index is 13.0. The van der Waals surface area contributed by atoms with Crippen molar-refractivity contribution in [3.05, 3.63) is 60.2 Å². The van der Waals surface area contributed by atoms with Gasteiger partial charge in [0.2, 0.25) is 5.91 Å². The van der Waals surface area contributed by atoms with E-state index in [2.05, 4.69) is 16.0 Å². The van der Waals surface area contributed by atoms with Gasteiger partial charge >= 0.3 is 0 Å². The number of rotatable bonds is 7. The van der Waals surface area contributed by atoms with E-state index in [4.69, 9.17) is 9.47 Å². The molecule has 4 rings (SSSR count). The van der Waals surface area contributed by atoms with Gasteiger partial charge in [0.15, 0.2) is 0 Å². The third-order valence-electron chi connectivity index (χ3n) is 5.85. The molecule has 6 nitrogen and oxygen atoms in total. The summed E-state index contributed by atoms with van der Waals surface area (Å²) < 4.78 is 24.4. The molecule has 1 amide bonds. The second-order valence-corrected chi connectivity index (χ2v) is 7.93. The number of ether oxygens (including phenoxy) is 2. The number of nitrogens with zero attached hydrogens (tertiary/aromatic N) is 3. The van der Waals surface area contributed by atoms with Crippen molar-refractivity contribution in [2.24, 2.45) is 0 Å². The Labute approximate surface area is 176 Å². The SMILES string of the molecule is O=C1COC(COc2ccc(F)cc2)CN1C1CCN(CCc2cccnc2)CC1. The Morgan fingerprint density at radius 1 is 1.17 bits per heavy atom. The summed E-state index contributed by atoms with van der Waals surface area (Å²) in [4.78, 5) is 21.0. The van der Waals surface area contributed by atoms with Gasteiger partial charge in [-0.25, -0.2) is 4.39 Å². The van der Waals surface area contributed by atoms with E-state index in [0.29, 0.717) is 18.9 Å². The molecule has 1 unspecified atom stereocenters. The highest BCUT2D eigenvalue weighted by Gasteiger charge is 2.33. The molecule has 160 valence electrons. The van der Waals surface area contributed by atoms with E-state index in [9.17, 15) is 9.18 Å². The van der Waals surface area contributed by atoms with Crippen molar-refractivity contribution < 1.29 is 18.7 Å². The van der Waals surface area contributed by atoms with E-state index >= 15 is 0 Å². The Kier molecular flexibility index (Phi) is 6.92. The number of pyridine rings is 1. The summed E-state index contributed by atoms with van der Waals surface area (Å²) in [5, 5.41) is 0. The number of piperidine rings is 1. The molecule has 0 bridgehead atoms. The lowest BCUT2D eigenvalue weighted by Crippen LogP contribution is -2.55. The average Bonchev–Trinajstić information content (AvgIpc) is 2.79. The molecule has 2 fully saturated rings. The number of aromatic nitrogens is 1. The van der Waals surface area contributed by atoms with Crippen molar-refractivity contribution in [2.75, 3.05) is 39.4 Å². The number of hydrogen-bond acceptors (Lipinski definition) is 5. The average molecular weight is 413 g/mol. The van der Waals surface area contributed by atoms with E-state index in [-0.39, 0.29) is 30.5 Å². The van der Waals surface area contributed by atoms with Crippen LogP contribution in [-0.4, -0.2) is 72.2 Å². The van der Waals surface area contributed by atoms with Gasteiger partial charge in [0.05, 0.1) is 6.54 Å². The molecular formula is C23H28FN3O3. The van der Waals surface area contributed by atoms with Crippen molar-refractivity contribution in [3.63, 3.8) is 0 Å². The van der Waals surface area contributed by atoms with Crippen LogP contribution < -0.4 is 4.74 Å². The zero-order valence-electron chi connectivity index (χ0n) is 17.1. The number of benzene rings is 1. The first-order valence-corrected chi connectivity index (χ1v) is 10.6. The predicted molar refractivity (Wildman–Crippen MR) is 111 cm³/mol. The lowest BCUT2D eigenvalue weighted by atomic mass is 10.0. The molecule has 0 aliphatic carbocycles. The van der Waals surface area contributed by atoms with E-state index < -0.39 is 0 Å². The number of carbonyl (C=O) groups excluding carboxylic acids is 1. The normalized spacial score (nSPS) is 21.0. The molecular weight excluding hydrogens is 385 g/mol. The highest BCUT2D eigenvalue weighted by Crippen LogP contribution is 2.21. The quantitative estimate of drug-likeness (QED) is 0.698. The zero-order chi connectivity index (χ0) is 20.8. The van der Waals surface area contributed by atoms with E-state index in [1.807, 2.05) is 17.2 Å². The molecule has 2 aliphatic rings. The first-order valence-electron chi connectivity index (χ1n) is 10.6. The van der Waals surface area contributed by atoms with Crippen LogP contribution in [0.25, 0.3) is 0 Å². The molecule has 0 saturated carbocycles. The van der Waals surface area contributed by atoms with Gasteiger partial charge in [-0.1, -0.05) is 6.07 Å². The van der Waals surface area contributed by atoms with Gasteiger partial charge in [-0.15, -0.1) is 0 Å². The van der Waals surface area contributed by atoms with Crippen LogP contribution in [0.1, 0.15) is 18.4 Å². The molecule has 1 aromatic heterocycles. The maximum Gasteiger partial charge on any atom is 0.248 e. The molecule has 0 N–H and O–H groups in total. The zero-order valence-corrected chi connectivity index (χ0v) is 17.1. The van der Waals surface area contributed by atoms with Crippen molar-refractivity contribution in [2.45, 2.75) is 31.4 Å². The van der Waals surface area contributed by atoms with Crippen LogP contribution in [0.3, 0.4) is 0 Å². The third-order valence-corrected chi connectivity index (χ3v) is 5.85. The molecule has 7 heteroatoms. The van der Waals surface area contributed by atoms with Crippen LogP contribution in [-0.2, 0) is 16.0 Å². The van der Waals surface area contributed by atoms with Crippen molar-refractivity contribution in [1.82, 2.24) is 14.8 Å². The summed E-state index contributed by atoms with van der Waals surface area (Å²) in [6.45, 7) is 3.99. The van der Waals surface area contributed by atoms with Crippen LogP contribution in [0.5, 0.6) is 5.75 Å². The highest BCUT2D eigenvalue weighted by molar-refractivity contribution is 5.78.